The molecule has 2 unspecified atom stereocenters. The van der Waals surface area contributed by atoms with E-state index in [1.165, 1.54) is 0 Å². The number of alkyl halides is 2. The summed E-state index contributed by atoms with van der Waals surface area (Å²) in [5, 5.41) is 3.25. The minimum absolute atomic E-state index is 0.105. The number of nitrogens with zero attached hydrogens (tertiary/aromatic N) is 1. The standard InChI is InChI=1S/C16H24F2N2/c1-11(2)20-9-8-14(10-19-3)15(20)12-4-6-13(7-5-12)16(17)18/h4-7,11,14-16,19H,8-10H2,1-3H3. The van der Waals surface area contributed by atoms with Gasteiger partial charge in [-0.1, -0.05) is 24.3 Å². The van der Waals surface area contributed by atoms with E-state index >= 15 is 0 Å². The van der Waals surface area contributed by atoms with Gasteiger partial charge in [0.05, 0.1) is 0 Å². The van der Waals surface area contributed by atoms with Gasteiger partial charge in [-0.05, 0) is 51.9 Å². The van der Waals surface area contributed by atoms with Crippen LogP contribution in [0.3, 0.4) is 0 Å². The fourth-order valence-electron chi connectivity index (χ4n) is 3.24. The van der Waals surface area contributed by atoms with Crippen LogP contribution < -0.4 is 5.32 Å². The van der Waals surface area contributed by atoms with E-state index in [2.05, 4.69) is 24.1 Å². The Bertz CT molecular complexity index is 417. The Morgan fingerprint density at radius 3 is 2.40 bits per heavy atom. The number of rotatable bonds is 5. The van der Waals surface area contributed by atoms with Gasteiger partial charge in [0.25, 0.3) is 6.43 Å². The lowest BCUT2D eigenvalue weighted by molar-refractivity contribution is 0.151. The van der Waals surface area contributed by atoms with Gasteiger partial charge in [-0.15, -0.1) is 0 Å². The Kier molecular flexibility index (Phi) is 5.11. The molecule has 20 heavy (non-hydrogen) atoms. The van der Waals surface area contributed by atoms with E-state index < -0.39 is 6.43 Å². The molecule has 0 saturated carbocycles. The van der Waals surface area contributed by atoms with Crippen molar-refractivity contribution < 1.29 is 8.78 Å². The molecule has 1 aliphatic heterocycles. The molecule has 0 bridgehead atoms. The van der Waals surface area contributed by atoms with Gasteiger partial charge in [0, 0.05) is 17.6 Å². The molecule has 1 fully saturated rings. The van der Waals surface area contributed by atoms with Gasteiger partial charge in [-0.3, -0.25) is 4.90 Å². The molecule has 1 N–H and O–H groups in total. The first-order chi connectivity index (χ1) is 9.54. The summed E-state index contributed by atoms with van der Waals surface area (Å²) in [5.74, 6) is 0.541. The van der Waals surface area contributed by atoms with Crippen LogP contribution in [0.4, 0.5) is 8.78 Å². The lowest BCUT2D eigenvalue weighted by Crippen LogP contribution is -2.33. The van der Waals surface area contributed by atoms with Crippen molar-refractivity contribution in [1.29, 1.82) is 0 Å². The van der Waals surface area contributed by atoms with Crippen molar-refractivity contribution in [2.75, 3.05) is 20.1 Å². The van der Waals surface area contributed by atoms with Crippen LogP contribution in [0.2, 0.25) is 0 Å². The number of benzene rings is 1. The minimum Gasteiger partial charge on any atom is -0.319 e. The van der Waals surface area contributed by atoms with E-state index in [4.69, 9.17) is 0 Å². The van der Waals surface area contributed by atoms with Gasteiger partial charge in [-0.2, -0.15) is 0 Å². The van der Waals surface area contributed by atoms with Crippen LogP contribution in [0.25, 0.3) is 0 Å². The average Bonchev–Trinajstić information content (AvgIpc) is 2.83. The molecular formula is C16H24F2N2. The first kappa shape index (κ1) is 15.4. The van der Waals surface area contributed by atoms with Crippen LogP contribution in [-0.2, 0) is 0 Å². The lowest BCUT2D eigenvalue weighted by Gasteiger charge is -2.32. The fraction of sp³-hybridized carbons (Fsp3) is 0.625. The summed E-state index contributed by atoms with van der Waals surface area (Å²) in [5.41, 5.74) is 1.26. The molecule has 1 aromatic carbocycles. The molecule has 0 aromatic heterocycles. The number of likely N-dealkylation sites (tertiary alicyclic amines) is 1. The fourth-order valence-corrected chi connectivity index (χ4v) is 3.24. The second kappa shape index (κ2) is 6.64. The Hall–Kier alpha value is -1.00. The van der Waals surface area contributed by atoms with Crippen LogP contribution >= 0.6 is 0 Å². The van der Waals surface area contributed by atoms with Crippen molar-refractivity contribution in [1.82, 2.24) is 10.2 Å². The van der Waals surface area contributed by atoms with E-state index in [1.54, 1.807) is 12.1 Å². The summed E-state index contributed by atoms with van der Waals surface area (Å²) < 4.78 is 25.3. The van der Waals surface area contributed by atoms with Gasteiger partial charge in [0.15, 0.2) is 0 Å². The van der Waals surface area contributed by atoms with E-state index in [1.807, 2.05) is 19.2 Å². The number of hydrogen-bond donors (Lipinski definition) is 1. The first-order valence-electron chi connectivity index (χ1n) is 7.33. The SMILES string of the molecule is CNCC1CCN(C(C)C)C1c1ccc(C(F)F)cc1. The average molecular weight is 282 g/mol. The maximum Gasteiger partial charge on any atom is 0.263 e. The van der Waals surface area contributed by atoms with E-state index in [0.717, 1.165) is 25.1 Å². The van der Waals surface area contributed by atoms with Gasteiger partial charge >= 0.3 is 0 Å². The second-order valence-corrected chi connectivity index (χ2v) is 5.85. The Balaban J connectivity index is 2.24. The van der Waals surface area contributed by atoms with Gasteiger partial charge < -0.3 is 5.32 Å². The van der Waals surface area contributed by atoms with Crippen molar-refractivity contribution in [2.45, 2.75) is 38.8 Å². The molecule has 1 aromatic rings. The molecule has 2 nitrogen and oxygen atoms in total. The zero-order chi connectivity index (χ0) is 14.7. The summed E-state index contributed by atoms with van der Waals surface area (Å²) >= 11 is 0. The highest BCUT2D eigenvalue weighted by molar-refractivity contribution is 5.27. The number of hydrogen-bond acceptors (Lipinski definition) is 2. The quantitative estimate of drug-likeness (QED) is 0.887. The van der Waals surface area contributed by atoms with Crippen LogP contribution in [0.1, 0.15) is 43.9 Å². The van der Waals surface area contributed by atoms with E-state index in [0.29, 0.717) is 18.0 Å². The Morgan fingerprint density at radius 1 is 1.25 bits per heavy atom. The molecule has 2 rings (SSSR count). The van der Waals surface area contributed by atoms with Gasteiger partial charge in [0.2, 0.25) is 0 Å². The number of halogens is 2. The van der Waals surface area contributed by atoms with Crippen molar-refractivity contribution >= 4 is 0 Å². The van der Waals surface area contributed by atoms with E-state index in [-0.39, 0.29) is 5.56 Å². The molecule has 112 valence electrons. The second-order valence-electron chi connectivity index (χ2n) is 5.85. The van der Waals surface area contributed by atoms with E-state index in [9.17, 15) is 8.78 Å². The summed E-state index contributed by atoms with van der Waals surface area (Å²) in [7, 11) is 1.97. The highest BCUT2D eigenvalue weighted by atomic mass is 19.3. The number of nitrogens with one attached hydrogen (secondary N) is 1. The molecule has 4 heteroatoms. The summed E-state index contributed by atoms with van der Waals surface area (Å²) in [6.07, 6.45) is -1.23. The van der Waals surface area contributed by atoms with Crippen molar-refractivity contribution in [3.05, 3.63) is 35.4 Å². The van der Waals surface area contributed by atoms with Gasteiger partial charge in [-0.25, -0.2) is 8.78 Å². The topological polar surface area (TPSA) is 15.3 Å². The molecular weight excluding hydrogens is 258 g/mol. The minimum atomic E-state index is -2.39. The van der Waals surface area contributed by atoms with Crippen LogP contribution in [0.15, 0.2) is 24.3 Å². The molecule has 1 heterocycles. The largest absolute Gasteiger partial charge is 0.319 e. The highest BCUT2D eigenvalue weighted by Crippen LogP contribution is 2.38. The zero-order valence-electron chi connectivity index (χ0n) is 12.4. The lowest BCUT2D eigenvalue weighted by atomic mass is 9.92. The summed E-state index contributed by atoms with van der Waals surface area (Å²) in [6.45, 7) is 6.43. The predicted molar refractivity (Wildman–Crippen MR) is 78.0 cm³/mol. The molecule has 1 aliphatic rings. The zero-order valence-corrected chi connectivity index (χ0v) is 12.4. The molecule has 0 spiro atoms. The monoisotopic (exact) mass is 282 g/mol. The molecule has 0 radical (unpaired) electrons. The smallest absolute Gasteiger partial charge is 0.263 e. The third kappa shape index (κ3) is 3.18. The van der Waals surface area contributed by atoms with Gasteiger partial charge in [0.1, 0.15) is 0 Å². The Labute approximate surface area is 120 Å². The molecule has 0 aliphatic carbocycles. The molecule has 0 amide bonds. The van der Waals surface area contributed by atoms with Crippen molar-refractivity contribution in [3.8, 4) is 0 Å². The predicted octanol–water partition coefficient (Wildman–Crippen LogP) is 3.62. The Morgan fingerprint density at radius 2 is 1.90 bits per heavy atom. The molecule has 1 saturated heterocycles. The summed E-state index contributed by atoms with van der Waals surface area (Å²) in [4.78, 5) is 2.47. The third-order valence-corrected chi connectivity index (χ3v) is 4.22. The first-order valence-corrected chi connectivity index (χ1v) is 7.33. The van der Waals surface area contributed by atoms with Crippen LogP contribution in [-0.4, -0.2) is 31.1 Å². The maximum absolute atomic E-state index is 12.7. The maximum atomic E-state index is 12.7. The third-order valence-electron chi connectivity index (χ3n) is 4.22. The van der Waals surface area contributed by atoms with Crippen molar-refractivity contribution in [2.24, 2.45) is 5.92 Å². The highest BCUT2D eigenvalue weighted by Gasteiger charge is 2.35. The normalized spacial score (nSPS) is 23.9. The van der Waals surface area contributed by atoms with Crippen molar-refractivity contribution in [3.63, 3.8) is 0 Å². The van der Waals surface area contributed by atoms with Crippen LogP contribution in [0.5, 0.6) is 0 Å². The molecule has 2 atom stereocenters. The van der Waals surface area contributed by atoms with Crippen LogP contribution in [0, 0.1) is 5.92 Å². The summed E-state index contributed by atoms with van der Waals surface area (Å²) in [6, 6.07) is 7.66.